The van der Waals surface area contributed by atoms with Gasteiger partial charge in [-0.1, -0.05) is 6.92 Å². The minimum Gasteiger partial charge on any atom is -0.387 e. The first-order chi connectivity index (χ1) is 16.9. The predicted molar refractivity (Wildman–Crippen MR) is 124 cm³/mol. The van der Waals surface area contributed by atoms with Crippen LogP contribution >= 0.6 is 0 Å². The summed E-state index contributed by atoms with van der Waals surface area (Å²) in [5.41, 5.74) is 6.61. The van der Waals surface area contributed by atoms with E-state index in [1.54, 1.807) is 13.8 Å². The summed E-state index contributed by atoms with van der Waals surface area (Å²) in [4.78, 5) is 4.26. The van der Waals surface area contributed by atoms with Crippen LogP contribution in [0.3, 0.4) is 0 Å². The molecule has 2 aromatic rings. The third-order valence-corrected chi connectivity index (χ3v) is 7.67. The number of amidine groups is 1. The van der Waals surface area contributed by atoms with Gasteiger partial charge in [-0.2, -0.15) is 5.26 Å². The van der Waals surface area contributed by atoms with Crippen molar-refractivity contribution in [3.05, 3.63) is 74.5 Å². The van der Waals surface area contributed by atoms with E-state index in [2.05, 4.69) is 4.99 Å². The van der Waals surface area contributed by atoms with E-state index in [4.69, 9.17) is 5.73 Å². The average molecular weight is 501 g/mol. The zero-order valence-corrected chi connectivity index (χ0v) is 19.7. The first-order valence-electron chi connectivity index (χ1n) is 11.8. The third kappa shape index (κ3) is 3.62. The smallest absolute Gasteiger partial charge is 0.281 e. The second kappa shape index (κ2) is 8.41. The van der Waals surface area contributed by atoms with E-state index in [1.165, 1.54) is 0 Å². The van der Waals surface area contributed by atoms with Gasteiger partial charge >= 0.3 is 0 Å². The number of nitrogens with zero attached hydrogens (tertiary/aromatic N) is 2. The molecule has 36 heavy (non-hydrogen) atoms. The van der Waals surface area contributed by atoms with Crippen molar-refractivity contribution in [1.29, 1.82) is 5.26 Å². The highest BCUT2D eigenvalue weighted by Gasteiger charge is 2.51. The van der Waals surface area contributed by atoms with E-state index in [9.17, 15) is 27.9 Å². The molecule has 0 spiro atoms. The molecule has 0 fully saturated rings. The molecule has 3 N–H and O–H groups in total. The first-order valence-corrected chi connectivity index (χ1v) is 11.8. The molecule has 3 aliphatic rings. The molecule has 2 aliphatic carbocycles. The number of benzene rings is 2. The van der Waals surface area contributed by atoms with E-state index in [0.717, 1.165) is 18.2 Å². The molecule has 1 unspecified atom stereocenters. The van der Waals surface area contributed by atoms with Crippen LogP contribution in [0.2, 0.25) is 0 Å². The van der Waals surface area contributed by atoms with Crippen molar-refractivity contribution < 1.29 is 27.1 Å². The van der Waals surface area contributed by atoms with Gasteiger partial charge in [-0.25, -0.2) is 26.9 Å². The summed E-state index contributed by atoms with van der Waals surface area (Å²) >= 11 is 0. The van der Waals surface area contributed by atoms with Gasteiger partial charge in [-0.15, -0.1) is 0 Å². The van der Waals surface area contributed by atoms with Gasteiger partial charge in [0.25, 0.3) is 5.92 Å². The fourth-order valence-electron chi connectivity index (χ4n) is 5.91. The van der Waals surface area contributed by atoms with Gasteiger partial charge in [0.05, 0.1) is 11.6 Å². The van der Waals surface area contributed by atoms with Gasteiger partial charge < -0.3 is 10.8 Å². The Balaban J connectivity index is 1.78. The Bertz CT molecular complexity index is 1390. The molecule has 5 rings (SSSR count). The van der Waals surface area contributed by atoms with Crippen LogP contribution in [0.1, 0.15) is 90.2 Å². The molecule has 9 heteroatoms. The zero-order valence-electron chi connectivity index (χ0n) is 19.7. The number of alkyl halides is 3. The van der Waals surface area contributed by atoms with Crippen molar-refractivity contribution in [3.63, 3.8) is 0 Å². The largest absolute Gasteiger partial charge is 0.387 e. The number of halogens is 5. The molecule has 0 radical (unpaired) electrons. The second-order valence-electron chi connectivity index (χ2n) is 9.93. The van der Waals surface area contributed by atoms with E-state index >= 15 is 4.39 Å². The molecule has 0 aromatic heterocycles. The van der Waals surface area contributed by atoms with E-state index in [-0.39, 0.29) is 64.1 Å². The van der Waals surface area contributed by atoms with Crippen molar-refractivity contribution >= 4 is 11.4 Å². The molecule has 0 saturated heterocycles. The minimum atomic E-state index is -3.56. The average Bonchev–Trinajstić information content (AvgIpc) is 3.05. The topological polar surface area (TPSA) is 82.4 Å². The molecule has 2 aromatic carbocycles. The molecular formula is C27H24F5N3O. The van der Waals surface area contributed by atoms with Gasteiger partial charge in [-0.05, 0) is 72.2 Å². The summed E-state index contributed by atoms with van der Waals surface area (Å²) < 4.78 is 74.7. The molecule has 1 heterocycles. The highest BCUT2D eigenvalue weighted by atomic mass is 19.3. The summed E-state index contributed by atoms with van der Waals surface area (Å²) in [6, 6.07) is 4.99. The summed E-state index contributed by atoms with van der Waals surface area (Å²) in [6.07, 6.45) is -4.30. The molecular weight excluding hydrogens is 477 g/mol. The number of aliphatic imine (C=N–C) groups is 1. The lowest BCUT2D eigenvalue weighted by Crippen LogP contribution is -2.26. The summed E-state index contributed by atoms with van der Waals surface area (Å²) in [5.74, 6) is -5.87. The standard InChI is InChI=1S/C27H24F5N3O/c1-11-5-16(12(2)35-26(11)34)23-21(30)8-17(19-9-27(31,32)25(36)24(19)23)15-3-4-20(29)18-7-14(28)6-13(10-33)22(15)18/h6-8,11,15,20,25,36H,3-5,9H2,1-2H3,(H2,34,35)/t11?,15-,20+,25+/m1/s1. The Hall–Kier alpha value is -3.25. The Labute approximate surface area is 205 Å². The van der Waals surface area contributed by atoms with Crippen LogP contribution < -0.4 is 5.73 Å². The number of aliphatic hydroxyl groups excluding tert-OH is 1. The van der Waals surface area contributed by atoms with E-state index in [0.29, 0.717) is 17.1 Å². The normalized spacial score (nSPS) is 26.8. The number of hydrogen-bond donors (Lipinski definition) is 2. The molecule has 4 atom stereocenters. The molecule has 0 bridgehead atoms. The maximum atomic E-state index is 15.9. The fraction of sp³-hybridized carbons (Fsp3) is 0.407. The van der Waals surface area contributed by atoms with Crippen molar-refractivity contribution in [2.75, 3.05) is 0 Å². The number of allylic oxidation sites excluding steroid dienone is 2. The lowest BCUT2D eigenvalue weighted by molar-refractivity contribution is -0.0969. The SMILES string of the molecule is CC1=C(c2c(F)cc([C@H]3CC[C@H](F)c4cc(F)cc(C#N)c43)c3c2[C@H](O)C(F)(F)C3)CC(C)C(N)=N1. The van der Waals surface area contributed by atoms with Crippen LogP contribution in [0, 0.1) is 28.9 Å². The number of nitriles is 1. The van der Waals surface area contributed by atoms with Gasteiger partial charge in [0, 0.05) is 35.1 Å². The van der Waals surface area contributed by atoms with Crippen molar-refractivity contribution in [3.8, 4) is 6.07 Å². The number of nitrogens with two attached hydrogens (primary N) is 1. The number of fused-ring (bicyclic) bond motifs is 2. The summed E-state index contributed by atoms with van der Waals surface area (Å²) in [7, 11) is 0. The first kappa shape index (κ1) is 24.4. The summed E-state index contributed by atoms with van der Waals surface area (Å²) in [5, 5.41) is 20.3. The van der Waals surface area contributed by atoms with Crippen LogP contribution in [0.25, 0.3) is 5.57 Å². The highest BCUT2D eigenvalue weighted by Crippen LogP contribution is 2.53. The number of rotatable bonds is 2. The van der Waals surface area contributed by atoms with Gasteiger partial charge in [0.15, 0.2) is 0 Å². The van der Waals surface area contributed by atoms with Crippen molar-refractivity contribution in [2.24, 2.45) is 16.6 Å². The monoisotopic (exact) mass is 501 g/mol. The predicted octanol–water partition coefficient (Wildman–Crippen LogP) is 6.13. The zero-order chi connectivity index (χ0) is 26.1. The van der Waals surface area contributed by atoms with Crippen LogP contribution in [-0.4, -0.2) is 16.9 Å². The fourth-order valence-corrected chi connectivity index (χ4v) is 5.91. The molecule has 4 nitrogen and oxygen atoms in total. The van der Waals surface area contributed by atoms with Crippen LogP contribution in [0.4, 0.5) is 22.0 Å². The van der Waals surface area contributed by atoms with E-state index < -0.39 is 42.2 Å². The Morgan fingerprint density at radius 1 is 1.14 bits per heavy atom. The van der Waals surface area contributed by atoms with Crippen LogP contribution in [0.15, 0.2) is 28.9 Å². The van der Waals surface area contributed by atoms with Gasteiger partial charge in [-0.3, -0.25) is 0 Å². The maximum absolute atomic E-state index is 15.9. The lowest BCUT2D eigenvalue weighted by Gasteiger charge is -2.31. The van der Waals surface area contributed by atoms with Gasteiger partial charge in [0.2, 0.25) is 0 Å². The van der Waals surface area contributed by atoms with Crippen molar-refractivity contribution in [1.82, 2.24) is 0 Å². The number of hydrogen-bond acceptors (Lipinski definition) is 4. The van der Waals surface area contributed by atoms with E-state index in [1.807, 2.05) is 6.07 Å². The molecule has 188 valence electrons. The minimum absolute atomic E-state index is 0.0317. The highest BCUT2D eigenvalue weighted by molar-refractivity contribution is 5.90. The molecule has 0 saturated carbocycles. The Morgan fingerprint density at radius 2 is 1.86 bits per heavy atom. The quantitative estimate of drug-likeness (QED) is 0.486. The molecule has 0 amide bonds. The van der Waals surface area contributed by atoms with Crippen LogP contribution in [-0.2, 0) is 6.42 Å². The van der Waals surface area contributed by atoms with Gasteiger partial charge in [0.1, 0.15) is 29.7 Å². The van der Waals surface area contributed by atoms with Crippen molar-refractivity contribution in [2.45, 2.75) is 63.6 Å². The Morgan fingerprint density at radius 3 is 2.56 bits per heavy atom. The maximum Gasteiger partial charge on any atom is 0.281 e. The second-order valence-corrected chi connectivity index (χ2v) is 9.93. The number of aliphatic hydroxyl groups is 1. The third-order valence-electron chi connectivity index (χ3n) is 7.67. The van der Waals surface area contributed by atoms with Crippen LogP contribution in [0.5, 0.6) is 0 Å². The molecule has 1 aliphatic heterocycles. The Kier molecular flexibility index (Phi) is 5.71. The summed E-state index contributed by atoms with van der Waals surface area (Å²) in [6.45, 7) is 3.40. The lowest BCUT2D eigenvalue weighted by atomic mass is 9.73.